The number of nitrogens with one attached hydrogen (secondary N) is 2. The minimum atomic E-state index is 0.0450. The monoisotopic (exact) mass is 279 g/mol. The third-order valence-electron chi connectivity index (χ3n) is 3.24. The number of rotatable bonds is 7. The van der Waals surface area contributed by atoms with E-state index in [2.05, 4.69) is 16.9 Å². The van der Waals surface area contributed by atoms with Crippen molar-refractivity contribution < 1.29 is 4.79 Å². The largest absolute Gasteiger partial charge is 0.397 e. The van der Waals surface area contributed by atoms with Crippen LogP contribution in [0, 0.1) is 0 Å². The van der Waals surface area contributed by atoms with Gasteiger partial charge < -0.3 is 16.4 Å². The van der Waals surface area contributed by atoms with E-state index in [-0.39, 0.29) is 5.91 Å². The number of carbonyl (C=O) groups excluding carboxylic acids is 1. The molecule has 0 fully saturated rings. The molecule has 1 amide bonds. The molecule has 1 aromatic rings. The molecule has 19 heavy (non-hydrogen) atoms. The number of anilines is 3. The maximum absolute atomic E-state index is 11.3. The van der Waals surface area contributed by atoms with Crippen molar-refractivity contribution >= 4 is 34.7 Å². The van der Waals surface area contributed by atoms with Crippen LogP contribution in [0.15, 0.2) is 12.1 Å². The van der Waals surface area contributed by atoms with E-state index in [9.17, 15) is 4.79 Å². The van der Waals surface area contributed by atoms with Crippen molar-refractivity contribution in [2.45, 2.75) is 25.7 Å². The molecule has 104 valence electrons. The minimum absolute atomic E-state index is 0.0450. The van der Waals surface area contributed by atoms with Gasteiger partial charge in [-0.3, -0.25) is 4.79 Å². The second-order valence-electron chi connectivity index (χ2n) is 4.80. The number of fused-ring (bicyclic) bond motifs is 1. The minimum Gasteiger partial charge on any atom is -0.397 e. The Morgan fingerprint density at radius 1 is 1.37 bits per heavy atom. The maximum Gasteiger partial charge on any atom is 0.228 e. The molecule has 0 unspecified atom stereocenters. The first kappa shape index (κ1) is 14.1. The lowest BCUT2D eigenvalue weighted by molar-refractivity contribution is -0.115. The third-order valence-corrected chi connectivity index (χ3v) is 3.94. The predicted octanol–water partition coefficient (Wildman–Crippen LogP) is 2.71. The van der Waals surface area contributed by atoms with E-state index in [4.69, 9.17) is 5.73 Å². The molecule has 2 rings (SSSR count). The average Bonchev–Trinajstić information content (AvgIpc) is 2.72. The first-order valence-corrected chi connectivity index (χ1v) is 8.05. The highest BCUT2D eigenvalue weighted by Crippen LogP contribution is 2.31. The summed E-state index contributed by atoms with van der Waals surface area (Å²) < 4.78 is 0. The van der Waals surface area contributed by atoms with Crippen LogP contribution in [0.3, 0.4) is 0 Å². The smallest absolute Gasteiger partial charge is 0.228 e. The summed E-state index contributed by atoms with van der Waals surface area (Å²) in [5.74, 6) is 1.27. The van der Waals surface area contributed by atoms with Crippen molar-refractivity contribution in [1.82, 2.24) is 0 Å². The number of nitrogen functional groups attached to an aromatic ring is 1. The summed E-state index contributed by atoms with van der Waals surface area (Å²) in [5, 5.41) is 6.20. The summed E-state index contributed by atoms with van der Waals surface area (Å²) in [6.07, 6.45) is 6.21. The second-order valence-corrected chi connectivity index (χ2v) is 5.79. The van der Waals surface area contributed by atoms with Gasteiger partial charge in [-0.15, -0.1) is 0 Å². The summed E-state index contributed by atoms with van der Waals surface area (Å²) in [6, 6.07) is 3.83. The second kappa shape index (κ2) is 6.70. The van der Waals surface area contributed by atoms with E-state index in [0.717, 1.165) is 35.6 Å². The lowest BCUT2D eigenvalue weighted by Crippen LogP contribution is -2.05. The van der Waals surface area contributed by atoms with E-state index >= 15 is 0 Å². The van der Waals surface area contributed by atoms with Gasteiger partial charge in [0.05, 0.1) is 17.8 Å². The number of hydrogen-bond acceptors (Lipinski definition) is 4. The Bertz CT molecular complexity index is 462. The molecule has 0 radical (unpaired) electrons. The highest BCUT2D eigenvalue weighted by Gasteiger charge is 2.18. The van der Waals surface area contributed by atoms with Crippen molar-refractivity contribution in [3.05, 3.63) is 17.7 Å². The summed E-state index contributed by atoms with van der Waals surface area (Å²) in [7, 11) is 0. The molecule has 5 heteroatoms. The molecule has 1 heterocycles. The van der Waals surface area contributed by atoms with Gasteiger partial charge >= 0.3 is 0 Å². The molecule has 0 atom stereocenters. The van der Waals surface area contributed by atoms with E-state index in [0.29, 0.717) is 6.42 Å². The Kier molecular flexibility index (Phi) is 4.96. The zero-order valence-electron chi connectivity index (χ0n) is 11.3. The lowest BCUT2D eigenvalue weighted by Gasteiger charge is -2.11. The maximum atomic E-state index is 11.3. The van der Waals surface area contributed by atoms with E-state index in [1.165, 1.54) is 18.6 Å². The van der Waals surface area contributed by atoms with Crippen LogP contribution in [0.25, 0.3) is 0 Å². The number of amides is 1. The van der Waals surface area contributed by atoms with Crippen molar-refractivity contribution in [3.63, 3.8) is 0 Å². The van der Waals surface area contributed by atoms with Crippen molar-refractivity contribution in [1.29, 1.82) is 0 Å². The summed E-state index contributed by atoms with van der Waals surface area (Å²) in [4.78, 5) is 11.3. The summed E-state index contributed by atoms with van der Waals surface area (Å²) in [5.41, 5.74) is 9.53. The Morgan fingerprint density at radius 2 is 2.21 bits per heavy atom. The van der Waals surface area contributed by atoms with Gasteiger partial charge in [0.25, 0.3) is 0 Å². The zero-order chi connectivity index (χ0) is 13.7. The molecular formula is C14H21N3OS. The molecule has 0 aromatic heterocycles. The average molecular weight is 279 g/mol. The Hall–Kier alpha value is -1.36. The Balaban J connectivity index is 1.84. The molecule has 0 aliphatic carbocycles. The van der Waals surface area contributed by atoms with Crippen LogP contribution in [0.4, 0.5) is 17.1 Å². The highest BCUT2D eigenvalue weighted by atomic mass is 32.2. The fourth-order valence-electron chi connectivity index (χ4n) is 2.22. The first-order valence-electron chi connectivity index (χ1n) is 6.66. The molecule has 1 aliphatic rings. The van der Waals surface area contributed by atoms with Crippen LogP contribution in [0.5, 0.6) is 0 Å². The van der Waals surface area contributed by atoms with Gasteiger partial charge in [-0.2, -0.15) is 11.8 Å². The van der Waals surface area contributed by atoms with Gasteiger partial charge in [0.15, 0.2) is 0 Å². The normalized spacial score (nSPS) is 13.2. The Labute approximate surface area is 118 Å². The van der Waals surface area contributed by atoms with Crippen molar-refractivity contribution in [3.8, 4) is 0 Å². The lowest BCUT2D eigenvalue weighted by atomic mass is 10.1. The standard InChI is InChI=1S/C14H21N3OS/c1-19-6-4-2-3-5-16-13-9-12-10(7-11(13)15)8-14(18)17-12/h7,9,16H,2-6,8,15H2,1H3,(H,17,18). The molecule has 1 aliphatic heterocycles. The molecular weight excluding hydrogens is 258 g/mol. The number of unbranched alkanes of at least 4 members (excludes halogenated alkanes) is 2. The van der Waals surface area contributed by atoms with Crippen molar-refractivity contribution in [2.75, 3.05) is 34.9 Å². The number of carbonyl (C=O) groups is 1. The van der Waals surface area contributed by atoms with Gasteiger partial charge in [-0.1, -0.05) is 6.42 Å². The van der Waals surface area contributed by atoms with Crippen LogP contribution in [-0.2, 0) is 11.2 Å². The SMILES string of the molecule is CSCCCCCNc1cc2c(cc1N)CC(=O)N2. The zero-order valence-corrected chi connectivity index (χ0v) is 12.1. The van der Waals surface area contributed by atoms with Crippen LogP contribution in [0.1, 0.15) is 24.8 Å². The third kappa shape index (κ3) is 3.80. The van der Waals surface area contributed by atoms with Gasteiger partial charge in [-0.25, -0.2) is 0 Å². The van der Waals surface area contributed by atoms with Gasteiger partial charge in [0, 0.05) is 12.2 Å². The predicted molar refractivity (Wildman–Crippen MR) is 83.9 cm³/mol. The summed E-state index contributed by atoms with van der Waals surface area (Å²) >= 11 is 1.89. The molecule has 0 bridgehead atoms. The van der Waals surface area contributed by atoms with Crippen LogP contribution in [0.2, 0.25) is 0 Å². The van der Waals surface area contributed by atoms with Gasteiger partial charge in [-0.05, 0) is 42.5 Å². The van der Waals surface area contributed by atoms with Crippen LogP contribution < -0.4 is 16.4 Å². The molecule has 0 spiro atoms. The molecule has 4 nitrogen and oxygen atoms in total. The quantitative estimate of drug-likeness (QED) is 0.530. The van der Waals surface area contributed by atoms with E-state index in [1.54, 1.807) is 0 Å². The first-order chi connectivity index (χ1) is 9.20. The molecule has 0 saturated carbocycles. The Morgan fingerprint density at radius 3 is 3.00 bits per heavy atom. The fourth-order valence-corrected chi connectivity index (χ4v) is 2.71. The van der Waals surface area contributed by atoms with Crippen LogP contribution >= 0.6 is 11.8 Å². The summed E-state index contributed by atoms with van der Waals surface area (Å²) in [6.45, 7) is 0.922. The van der Waals surface area contributed by atoms with E-state index < -0.39 is 0 Å². The van der Waals surface area contributed by atoms with Gasteiger partial charge in [0.1, 0.15) is 0 Å². The topological polar surface area (TPSA) is 67.1 Å². The van der Waals surface area contributed by atoms with E-state index in [1.807, 2.05) is 23.9 Å². The molecule has 0 saturated heterocycles. The van der Waals surface area contributed by atoms with Crippen LogP contribution in [-0.4, -0.2) is 24.5 Å². The molecule has 1 aromatic carbocycles. The number of nitrogens with two attached hydrogens (primary N) is 1. The van der Waals surface area contributed by atoms with Crippen molar-refractivity contribution in [2.24, 2.45) is 0 Å². The highest BCUT2D eigenvalue weighted by molar-refractivity contribution is 7.98. The molecule has 4 N–H and O–H groups in total. The number of benzene rings is 1. The fraction of sp³-hybridized carbons (Fsp3) is 0.500. The number of thioether (sulfide) groups is 1. The number of hydrogen-bond donors (Lipinski definition) is 3. The van der Waals surface area contributed by atoms with Gasteiger partial charge in [0.2, 0.25) is 5.91 Å².